The molecule has 5 nitrogen and oxygen atoms in total. The zero-order valence-electron chi connectivity index (χ0n) is 11.1. The summed E-state index contributed by atoms with van der Waals surface area (Å²) in [5, 5.41) is 2.48. The van der Waals surface area contributed by atoms with E-state index >= 15 is 0 Å². The van der Waals surface area contributed by atoms with Gasteiger partial charge in [0.2, 0.25) is 0 Å². The number of ether oxygens (including phenoxy) is 2. The summed E-state index contributed by atoms with van der Waals surface area (Å²) >= 11 is 5.74. The molecule has 0 heterocycles. The van der Waals surface area contributed by atoms with Gasteiger partial charge >= 0.3 is 5.97 Å². The van der Waals surface area contributed by atoms with E-state index < -0.39 is 23.7 Å². The molecule has 1 unspecified atom stereocenters. The minimum atomic E-state index is -0.769. The molecule has 0 saturated heterocycles. The average molecular weight is 304 g/mol. The molecule has 20 heavy (non-hydrogen) atoms. The van der Waals surface area contributed by atoms with Gasteiger partial charge in [-0.25, -0.2) is 9.18 Å². The van der Waals surface area contributed by atoms with Crippen LogP contribution in [0.4, 0.5) is 4.39 Å². The molecule has 1 rings (SSSR count). The number of benzene rings is 1. The van der Waals surface area contributed by atoms with Crippen LogP contribution in [0.2, 0.25) is 5.02 Å². The first-order chi connectivity index (χ1) is 9.43. The van der Waals surface area contributed by atoms with Gasteiger partial charge in [0.1, 0.15) is 17.6 Å². The minimum Gasteiger partial charge on any atom is -0.482 e. The van der Waals surface area contributed by atoms with Crippen LogP contribution in [0.25, 0.3) is 0 Å². The van der Waals surface area contributed by atoms with E-state index in [4.69, 9.17) is 21.1 Å². The highest BCUT2D eigenvalue weighted by atomic mass is 35.5. The van der Waals surface area contributed by atoms with Crippen molar-refractivity contribution in [1.29, 1.82) is 0 Å². The van der Waals surface area contributed by atoms with Crippen LogP contribution in [0.1, 0.15) is 13.8 Å². The van der Waals surface area contributed by atoms with Crippen LogP contribution in [0.15, 0.2) is 18.2 Å². The van der Waals surface area contributed by atoms with Crippen molar-refractivity contribution in [3.05, 3.63) is 29.0 Å². The summed E-state index contributed by atoms with van der Waals surface area (Å²) in [6.07, 6.45) is 0. The molecule has 0 saturated carbocycles. The second kappa shape index (κ2) is 7.69. The van der Waals surface area contributed by atoms with Gasteiger partial charge in [-0.15, -0.1) is 0 Å². The predicted octanol–water partition coefficient (Wildman–Crippen LogP) is 1.93. The second-order valence-electron chi connectivity index (χ2n) is 3.90. The van der Waals surface area contributed by atoms with E-state index in [1.165, 1.54) is 19.1 Å². The first kappa shape index (κ1) is 16.2. The molecule has 1 N–H and O–H groups in total. The fraction of sp³-hybridized carbons (Fsp3) is 0.385. The number of esters is 1. The fourth-order valence-corrected chi connectivity index (χ4v) is 1.57. The van der Waals surface area contributed by atoms with E-state index in [1.807, 2.05) is 0 Å². The quantitative estimate of drug-likeness (QED) is 0.816. The molecule has 1 aromatic carbocycles. The highest BCUT2D eigenvalue weighted by Gasteiger charge is 2.17. The van der Waals surface area contributed by atoms with Crippen molar-refractivity contribution in [3.8, 4) is 5.75 Å². The first-order valence-corrected chi connectivity index (χ1v) is 6.35. The van der Waals surface area contributed by atoms with Gasteiger partial charge in [0.15, 0.2) is 6.61 Å². The average Bonchev–Trinajstić information content (AvgIpc) is 2.37. The lowest BCUT2D eigenvalue weighted by Gasteiger charge is -2.13. The van der Waals surface area contributed by atoms with Crippen molar-refractivity contribution in [2.24, 2.45) is 0 Å². The first-order valence-electron chi connectivity index (χ1n) is 5.98. The highest BCUT2D eigenvalue weighted by molar-refractivity contribution is 6.32. The number of carbonyl (C=O) groups excluding carboxylic acids is 2. The van der Waals surface area contributed by atoms with Crippen molar-refractivity contribution < 1.29 is 23.5 Å². The summed E-state index contributed by atoms with van der Waals surface area (Å²) in [4.78, 5) is 22.9. The number of carbonyl (C=O) groups is 2. The molecular weight excluding hydrogens is 289 g/mol. The zero-order valence-corrected chi connectivity index (χ0v) is 11.9. The Bertz CT molecular complexity index is 495. The van der Waals surface area contributed by atoms with Gasteiger partial charge in [0, 0.05) is 0 Å². The molecule has 0 aliphatic heterocycles. The Morgan fingerprint density at radius 1 is 1.45 bits per heavy atom. The largest absolute Gasteiger partial charge is 0.482 e. The summed E-state index contributed by atoms with van der Waals surface area (Å²) in [7, 11) is 0. The van der Waals surface area contributed by atoms with Gasteiger partial charge in [0.25, 0.3) is 5.91 Å². The van der Waals surface area contributed by atoms with Crippen LogP contribution < -0.4 is 10.1 Å². The lowest BCUT2D eigenvalue weighted by molar-refractivity contribution is -0.147. The number of hydrogen-bond donors (Lipinski definition) is 1. The molecule has 0 bridgehead atoms. The van der Waals surface area contributed by atoms with Crippen LogP contribution in [0, 0.1) is 5.82 Å². The van der Waals surface area contributed by atoms with E-state index in [0.29, 0.717) is 0 Å². The van der Waals surface area contributed by atoms with Gasteiger partial charge in [-0.05, 0) is 32.0 Å². The smallest absolute Gasteiger partial charge is 0.328 e. The third kappa shape index (κ3) is 5.05. The maximum atomic E-state index is 12.8. The maximum Gasteiger partial charge on any atom is 0.328 e. The molecule has 7 heteroatoms. The van der Waals surface area contributed by atoms with E-state index in [0.717, 1.165) is 6.07 Å². The summed E-state index contributed by atoms with van der Waals surface area (Å²) in [5.74, 6) is -1.35. The molecule has 0 radical (unpaired) electrons. The monoisotopic (exact) mass is 303 g/mol. The van der Waals surface area contributed by atoms with Crippen molar-refractivity contribution >= 4 is 23.5 Å². The molecular formula is C13H15ClFNO4. The zero-order chi connectivity index (χ0) is 15.1. The van der Waals surface area contributed by atoms with Crippen molar-refractivity contribution in [1.82, 2.24) is 5.32 Å². The van der Waals surface area contributed by atoms with Crippen LogP contribution in [0.5, 0.6) is 5.75 Å². The van der Waals surface area contributed by atoms with Gasteiger partial charge < -0.3 is 14.8 Å². The van der Waals surface area contributed by atoms with Gasteiger partial charge in [-0.2, -0.15) is 0 Å². The number of amides is 1. The Morgan fingerprint density at radius 2 is 2.15 bits per heavy atom. The Kier molecular flexibility index (Phi) is 6.24. The molecule has 0 aliphatic rings. The molecule has 110 valence electrons. The second-order valence-corrected chi connectivity index (χ2v) is 4.31. The van der Waals surface area contributed by atoms with Crippen LogP contribution in [0.3, 0.4) is 0 Å². The van der Waals surface area contributed by atoms with Crippen LogP contribution >= 0.6 is 11.6 Å². The van der Waals surface area contributed by atoms with Crippen molar-refractivity contribution in [2.75, 3.05) is 13.2 Å². The third-order valence-corrected chi connectivity index (χ3v) is 2.57. The molecule has 1 aromatic rings. The lowest BCUT2D eigenvalue weighted by atomic mass is 10.3. The van der Waals surface area contributed by atoms with Gasteiger partial charge in [-0.1, -0.05) is 11.6 Å². The number of halogens is 2. The maximum absolute atomic E-state index is 12.8. The van der Waals surface area contributed by atoms with Crippen LogP contribution in [-0.4, -0.2) is 31.1 Å². The fourth-order valence-electron chi connectivity index (χ4n) is 1.34. The Morgan fingerprint density at radius 3 is 2.75 bits per heavy atom. The number of nitrogens with one attached hydrogen (secondary N) is 1. The Hall–Kier alpha value is -1.82. The standard InChI is InChI=1S/C13H15ClFNO4/c1-3-19-13(18)8(2)16-12(17)7-20-11-5-4-9(15)6-10(11)14/h4-6,8H,3,7H2,1-2H3,(H,16,17). The molecule has 0 fully saturated rings. The predicted molar refractivity (Wildman–Crippen MR) is 71.1 cm³/mol. The SMILES string of the molecule is CCOC(=O)C(C)NC(=O)COc1ccc(F)cc1Cl. The molecule has 1 atom stereocenters. The van der Waals surface area contributed by atoms with E-state index in [9.17, 15) is 14.0 Å². The molecule has 1 amide bonds. The van der Waals surface area contributed by atoms with E-state index in [2.05, 4.69) is 5.32 Å². The molecule has 0 spiro atoms. The minimum absolute atomic E-state index is 0.0660. The summed E-state index contributed by atoms with van der Waals surface area (Å²) in [6, 6.07) is 2.80. The normalized spacial score (nSPS) is 11.6. The lowest BCUT2D eigenvalue weighted by Crippen LogP contribution is -2.41. The molecule has 0 aliphatic carbocycles. The van der Waals surface area contributed by atoms with Crippen molar-refractivity contribution in [3.63, 3.8) is 0 Å². The van der Waals surface area contributed by atoms with Crippen LogP contribution in [-0.2, 0) is 14.3 Å². The Balaban J connectivity index is 2.45. The number of rotatable bonds is 6. The summed E-state index contributed by atoms with van der Waals surface area (Å²) < 4.78 is 22.7. The highest BCUT2D eigenvalue weighted by Crippen LogP contribution is 2.24. The Labute approximate surface area is 121 Å². The topological polar surface area (TPSA) is 64.6 Å². The molecule has 0 aromatic heterocycles. The summed E-state index contributed by atoms with van der Waals surface area (Å²) in [5.41, 5.74) is 0. The van der Waals surface area contributed by atoms with Crippen molar-refractivity contribution in [2.45, 2.75) is 19.9 Å². The van der Waals surface area contributed by atoms with Gasteiger partial charge in [0.05, 0.1) is 11.6 Å². The van der Waals surface area contributed by atoms with E-state index in [-0.39, 0.29) is 24.0 Å². The van der Waals surface area contributed by atoms with Gasteiger partial charge in [-0.3, -0.25) is 4.79 Å². The third-order valence-electron chi connectivity index (χ3n) is 2.27. The summed E-state index contributed by atoms with van der Waals surface area (Å²) in [6.45, 7) is 3.07. The van der Waals surface area contributed by atoms with E-state index in [1.54, 1.807) is 6.92 Å². The number of hydrogen-bond acceptors (Lipinski definition) is 4.